The summed E-state index contributed by atoms with van der Waals surface area (Å²) < 4.78 is 0. The van der Waals surface area contributed by atoms with Crippen LogP contribution >= 0.6 is 46.4 Å². The van der Waals surface area contributed by atoms with Gasteiger partial charge in [0.1, 0.15) is 4.84 Å². The van der Waals surface area contributed by atoms with Crippen LogP contribution in [0.1, 0.15) is 10.4 Å². The Hall–Kier alpha value is -0.220. The van der Waals surface area contributed by atoms with Crippen molar-refractivity contribution in [2.24, 2.45) is 0 Å². The van der Waals surface area contributed by atoms with E-state index in [2.05, 4.69) is 0 Å². The number of rotatable bonds is 2. The lowest BCUT2D eigenvalue weighted by atomic mass is 10.2. The van der Waals surface area contributed by atoms with Crippen LogP contribution < -0.4 is 0 Å². The fourth-order valence-corrected chi connectivity index (χ4v) is 1.91. The van der Waals surface area contributed by atoms with Crippen LogP contribution in [0.15, 0.2) is 12.1 Å². The van der Waals surface area contributed by atoms with Gasteiger partial charge in [-0.15, -0.1) is 0 Å². The van der Waals surface area contributed by atoms with Crippen molar-refractivity contribution in [3.63, 3.8) is 0 Å². The average Bonchev–Trinajstić information content (AvgIpc) is 2.08. The maximum Gasteiger partial charge on any atom is 0.276 e. The molecule has 0 unspecified atom stereocenters. The van der Waals surface area contributed by atoms with Crippen molar-refractivity contribution in [1.82, 2.24) is 0 Å². The molecule has 14 heavy (non-hydrogen) atoms. The molecular weight excluding hydrogens is 272 g/mol. The Bertz CT molecular complexity index is 380. The van der Waals surface area contributed by atoms with Crippen molar-refractivity contribution in [2.75, 3.05) is 0 Å². The van der Waals surface area contributed by atoms with Gasteiger partial charge in [-0.05, 0) is 6.07 Å². The Kier molecular flexibility index (Phi) is 3.84. The SMILES string of the molecule is O=[N+]([O-])c1ccc(Cl)c(Cl)c1C(Cl)Cl. The predicted octanol–water partition coefficient (Wildman–Crippen LogP) is 4.38. The molecule has 0 atom stereocenters. The van der Waals surface area contributed by atoms with Crippen molar-refractivity contribution in [1.29, 1.82) is 0 Å². The van der Waals surface area contributed by atoms with E-state index in [0.717, 1.165) is 0 Å². The first-order valence-corrected chi connectivity index (χ1v) is 4.98. The highest BCUT2D eigenvalue weighted by Crippen LogP contribution is 2.41. The maximum absolute atomic E-state index is 10.6. The topological polar surface area (TPSA) is 43.1 Å². The summed E-state index contributed by atoms with van der Waals surface area (Å²) in [7, 11) is 0. The summed E-state index contributed by atoms with van der Waals surface area (Å²) in [5.41, 5.74) is -0.220. The van der Waals surface area contributed by atoms with Crippen LogP contribution in [-0.2, 0) is 0 Å². The van der Waals surface area contributed by atoms with Gasteiger partial charge in [-0.3, -0.25) is 10.1 Å². The molecule has 0 saturated carbocycles. The highest BCUT2D eigenvalue weighted by atomic mass is 35.5. The van der Waals surface area contributed by atoms with Crippen LogP contribution in [0.2, 0.25) is 10.0 Å². The minimum Gasteiger partial charge on any atom is -0.258 e. The quantitative estimate of drug-likeness (QED) is 0.456. The van der Waals surface area contributed by atoms with Crippen LogP contribution in [0, 0.1) is 10.1 Å². The van der Waals surface area contributed by atoms with E-state index in [0.29, 0.717) is 0 Å². The van der Waals surface area contributed by atoms with E-state index >= 15 is 0 Å². The molecule has 3 nitrogen and oxygen atoms in total. The molecule has 0 bridgehead atoms. The van der Waals surface area contributed by atoms with E-state index in [1.807, 2.05) is 0 Å². The lowest BCUT2D eigenvalue weighted by Gasteiger charge is -2.06. The molecule has 0 aliphatic rings. The summed E-state index contributed by atoms with van der Waals surface area (Å²) in [5, 5.41) is 10.8. The highest BCUT2D eigenvalue weighted by molar-refractivity contribution is 6.48. The molecule has 1 aromatic rings. The van der Waals surface area contributed by atoms with Crippen molar-refractivity contribution in [3.8, 4) is 0 Å². The highest BCUT2D eigenvalue weighted by Gasteiger charge is 2.23. The summed E-state index contributed by atoms with van der Waals surface area (Å²) in [6.07, 6.45) is 0. The molecule has 0 radical (unpaired) electrons. The van der Waals surface area contributed by atoms with Gasteiger partial charge in [0.05, 0.1) is 20.5 Å². The second-order valence-corrected chi connectivity index (χ2v) is 4.23. The summed E-state index contributed by atoms with van der Waals surface area (Å²) >= 11 is 22.5. The Morgan fingerprint density at radius 3 is 2.29 bits per heavy atom. The number of hydrogen-bond donors (Lipinski definition) is 0. The van der Waals surface area contributed by atoms with Gasteiger partial charge in [0.15, 0.2) is 0 Å². The Morgan fingerprint density at radius 1 is 1.29 bits per heavy atom. The van der Waals surface area contributed by atoms with Crippen molar-refractivity contribution in [3.05, 3.63) is 37.9 Å². The normalized spacial score (nSPS) is 10.6. The maximum atomic E-state index is 10.6. The fraction of sp³-hybridized carbons (Fsp3) is 0.143. The zero-order chi connectivity index (χ0) is 10.9. The fourth-order valence-electron chi connectivity index (χ4n) is 0.923. The molecule has 0 amide bonds. The van der Waals surface area contributed by atoms with Gasteiger partial charge in [0, 0.05) is 6.07 Å². The van der Waals surface area contributed by atoms with E-state index in [1.54, 1.807) is 0 Å². The van der Waals surface area contributed by atoms with Gasteiger partial charge >= 0.3 is 0 Å². The molecule has 0 N–H and O–H groups in total. The first-order valence-electron chi connectivity index (χ1n) is 3.35. The number of halogens is 4. The summed E-state index contributed by atoms with van der Waals surface area (Å²) in [6.45, 7) is 0. The number of nitrogens with zero attached hydrogens (tertiary/aromatic N) is 1. The minimum absolute atomic E-state index is 0.0101. The van der Waals surface area contributed by atoms with Gasteiger partial charge in [0.25, 0.3) is 5.69 Å². The third kappa shape index (κ3) is 2.23. The molecule has 76 valence electrons. The number of hydrogen-bond acceptors (Lipinski definition) is 2. The van der Waals surface area contributed by atoms with Gasteiger partial charge in [-0.2, -0.15) is 0 Å². The third-order valence-electron chi connectivity index (χ3n) is 1.52. The molecule has 0 aliphatic carbocycles. The van der Waals surface area contributed by atoms with Crippen LogP contribution in [0.4, 0.5) is 5.69 Å². The first-order chi connectivity index (χ1) is 6.45. The van der Waals surface area contributed by atoms with Crippen LogP contribution in [0.3, 0.4) is 0 Å². The second-order valence-electron chi connectivity index (χ2n) is 2.35. The lowest BCUT2D eigenvalue weighted by Crippen LogP contribution is -1.96. The lowest BCUT2D eigenvalue weighted by molar-refractivity contribution is -0.385. The van der Waals surface area contributed by atoms with E-state index in [1.165, 1.54) is 12.1 Å². The van der Waals surface area contributed by atoms with Crippen molar-refractivity contribution >= 4 is 52.1 Å². The van der Waals surface area contributed by atoms with Crippen molar-refractivity contribution < 1.29 is 4.92 Å². The number of nitro benzene ring substituents is 1. The molecule has 0 aliphatic heterocycles. The smallest absolute Gasteiger partial charge is 0.258 e. The zero-order valence-corrected chi connectivity index (χ0v) is 9.53. The summed E-state index contributed by atoms with van der Waals surface area (Å²) in [5.74, 6) is 0. The van der Waals surface area contributed by atoms with E-state index < -0.39 is 9.76 Å². The second kappa shape index (κ2) is 4.53. The van der Waals surface area contributed by atoms with Crippen LogP contribution in [-0.4, -0.2) is 4.92 Å². The molecule has 1 rings (SSSR count). The molecular formula is C7H3Cl4NO2. The zero-order valence-electron chi connectivity index (χ0n) is 6.51. The summed E-state index contributed by atoms with van der Waals surface area (Å²) in [6, 6.07) is 2.53. The number of alkyl halides is 2. The number of benzene rings is 1. The minimum atomic E-state index is -1.08. The van der Waals surface area contributed by atoms with Crippen LogP contribution in [0.25, 0.3) is 0 Å². The molecule has 0 aromatic heterocycles. The Morgan fingerprint density at radius 2 is 1.86 bits per heavy atom. The largest absolute Gasteiger partial charge is 0.276 e. The monoisotopic (exact) mass is 273 g/mol. The molecule has 0 fully saturated rings. The van der Waals surface area contributed by atoms with E-state index in [-0.39, 0.29) is 21.3 Å². The Labute approximate surface area is 99.7 Å². The molecule has 1 aromatic carbocycles. The molecule has 7 heteroatoms. The molecule has 0 spiro atoms. The predicted molar refractivity (Wildman–Crippen MR) is 57.6 cm³/mol. The molecule has 0 saturated heterocycles. The third-order valence-corrected chi connectivity index (χ3v) is 2.78. The first kappa shape index (κ1) is 11.9. The molecule has 0 heterocycles. The standard InChI is InChI=1S/C7H3Cl4NO2/c8-3-1-2-4(12(13)14)5(6(3)9)7(10)11/h1-2,7H. The Balaban J connectivity index is 3.45. The van der Waals surface area contributed by atoms with Gasteiger partial charge < -0.3 is 0 Å². The van der Waals surface area contributed by atoms with Crippen molar-refractivity contribution in [2.45, 2.75) is 4.84 Å². The average molecular weight is 275 g/mol. The van der Waals surface area contributed by atoms with Gasteiger partial charge in [-0.25, -0.2) is 0 Å². The summed E-state index contributed by atoms with van der Waals surface area (Å²) in [4.78, 5) is 8.88. The van der Waals surface area contributed by atoms with Gasteiger partial charge in [0.2, 0.25) is 0 Å². The number of nitro groups is 1. The van der Waals surface area contributed by atoms with E-state index in [9.17, 15) is 10.1 Å². The van der Waals surface area contributed by atoms with Gasteiger partial charge in [-0.1, -0.05) is 46.4 Å². The van der Waals surface area contributed by atoms with E-state index in [4.69, 9.17) is 46.4 Å². The van der Waals surface area contributed by atoms with Crippen LogP contribution in [0.5, 0.6) is 0 Å².